The van der Waals surface area contributed by atoms with Crippen molar-refractivity contribution in [1.29, 1.82) is 0 Å². The van der Waals surface area contributed by atoms with Gasteiger partial charge >= 0.3 is 0 Å². The molecule has 1 aliphatic heterocycles. The second-order valence-electron chi connectivity index (χ2n) is 4.29. The third-order valence-corrected chi connectivity index (χ3v) is 3.41. The summed E-state index contributed by atoms with van der Waals surface area (Å²) < 4.78 is 2.29. The summed E-state index contributed by atoms with van der Waals surface area (Å²) >= 11 is 0. The van der Waals surface area contributed by atoms with Crippen LogP contribution in [0.2, 0.25) is 0 Å². The van der Waals surface area contributed by atoms with Gasteiger partial charge in [0.05, 0.1) is 17.7 Å². The third-order valence-electron chi connectivity index (χ3n) is 3.41. The second kappa shape index (κ2) is 5.46. The summed E-state index contributed by atoms with van der Waals surface area (Å²) in [6, 6.07) is 0. The number of imidazole rings is 1. The highest BCUT2D eigenvalue weighted by Gasteiger charge is 2.14. The molecule has 0 saturated heterocycles. The van der Waals surface area contributed by atoms with Crippen LogP contribution in [0, 0.1) is 0 Å². The minimum atomic E-state index is 0.980. The summed E-state index contributed by atoms with van der Waals surface area (Å²) in [6.45, 7) is 10.9. The average molecular weight is 222 g/mol. The van der Waals surface area contributed by atoms with E-state index >= 15 is 0 Å². The van der Waals surface area contributed by atoms with Crippen molar-refractivity contribution >= 4 is 0 Å². The van der Waals surface area contributed by atoms with E-state index in [0.29, 0.717) is 0 Å². The van der Waals surface area contributed by atoms with Crippen molar-refractivity contribution in [2.24, 2.45) is 0 Å². The molecule has 2 rings (SSSR count). The fourth-order valence-corrected chi connectivity index (χ4v) is 2.26. The minimum absolute atomic E-state index is 0.980. The summed E-state index contributed by atoms with van der Waals surface area (Å²) in [7, 11) is 0. The molecular formula is C12H22N4. The van der Waals surface area contributed by atoms with Crippen LogP contribution in [-0.4, -0.2) is 40.6 Å². The molecule has 0 radical (unpaired) electrons. The van der Waals surface area contributed by atoms with E-state index in [9.17, 15) is 0 Å². The lowest BCUT2D eigenvalue weighted by molar-refractivity contribution is 0.306. The Balaban J connectivity index is 1.96. The monoisotopic (exact) mass is 222 g/mol. The molecule has 1 aliphatic rings. The number of nitrogens with zero attached hydrogens (tertiary/aromatic N) is 3. The molecule has 4 nitrogen and oxygen atoms in total. The Morgan fingerprint density at radius 1 is 1.44 bits per heavy atom. The first-order valence-electron chi connectivity index (χ1n) is 6.31. The summed E-state index contributed by atoms with van der Waals surface area (Å²) in [5.74, 6) is 0. The Morgan fingerprint density at radius 3 is 3.00 bits per heavy atom. The summed E-state index contributed by atoms with van der Waals surface area (Å²) in [5.41, 5.74) is 2.66. The Labute approximate surface area is 97.7 Å². The number of likely N-dealkylation sites (N-methyl/N-ethyl adjacent to an activating group) is 1. The van der Waals surface area contributed by atoms with E-state index < -0.39 is 0 Å². The molecule has 0 aromatic carbocycles. The number of hydrogen-bond donors (Lipinski definition) is 1. The van der Waals surface area contributed by atoms with Gasteiger partial charge in [0, 0.05) is 32.6 Å². The highest BCUT2D eigenvalue weighted by Crippen LogP contribution is 2.11. The smallest absolute Gasteiger partial charge is 0.0952 e. The molecule has 0 bridgehead atoms. The van der Waals surface area contributed by atoms with Crippen LogP contribution in [0.15, 0.2) is 6.33 Å². The Morgan fingerprint density at radius 2 is 2.25 bits per heavy atom. The van der Waals surface area contributed by atoms with Crippen molar-refractivity contribution in [2.45, 2.75) is 33.4 Å². The fourth-order valence-electron chi connectivity index (χ4n) is 2.26. The molecule has 0 atom stereocenters. The van der Waals surface area contributed by atoms with Crippen LogP contribution >= 0.6 is 0 Å². The largest absolute Gasteiger partial charge is 0.332 e. The van der Waals surface area contributed by atoms with Gasteiger partial charge in [0.1, 0.15) is 0 Å². The molecule has 1 N–H and O–H groups in total. The number of nitrogens with one attached hydrogen (secondary N) is 1. The third kappa shape index (κ3) is 2.44. The van der Waals surface area contributed by atoms with Crippen LogP contribution in [0.4, 0.5) is 0 Å². The van der Waals surface area contributed by atoms with Crippen LogP contribution in [0.1, 0.15) is 25.2 Å². The van der Waals surface area contributed by atoms with Crippen molar-refractivity contribution in [1.82, 2.24) is 19.8 Å². The lowest BCUT2D eigenvalue weighted by Crippen LogP contribution is -2.29. The summed E-state index contributed by atoms with van der Waals surface area (Å²) in [5, 5.41) is 3.41. The first kappa shape index (κ1) is 11.6. The standard InChI is InChI=1S/C12H22N4/c1-3-15(4-2)7-5-11-12-9-13-6-8-16(12)10-14-11/h10,13H,3-9H2,1-2H3. The maximum atomic E-state index is 4.53. The quantitative estimate of drug-likeness (QED) is 0.802. The van der Waals surface area contributed by atoms with Crippen molar-refractivity contribution in [3.63, 3.8) is 0 Å². The SMILES string of the molecule is CCN(CC)CCc1ncn2c1CNCC2. The van der Waals surface area contributed by atoms with Crippen molar-refractivity contribution in [2.75, 3.05) is 26.2 Å². The van der Waals surface area contributed by atoms with Gasteiger partial charge in [0.25, 0.3) is 0 Å². The Bertz CT molecular complexity index is 328. The number of hydrogen-bond acceptors (Lipinski definition) is 3. The van der Waals surface area contributed by atoms with E-state index in [1.54, 1.807) is 0 Å². The zero-order valence-corrected chi connectivity index (χ0v) is 10.4. The van der Waals surface area contributed by atoms with E-state index in [1.807, 2.05) is 6.33 Å². The number of fused-ring (bicyclic) bond motifs is 1. The van der Waals surface area contributed by atoms with Gasteiger partial charge in [-0.05, 0) is 13.1 Å². The zero-order chi connectivity index (χ0) is 11.4. The maximum Gasteiger partial charge on any atom is 0.0952 e. The normalized spacial score (nSPS) is 15.4. The van der Waals surface area contributed by atoms with Crippen molar-refractivity contribution in [3.8, 4) is 0 Å². The van der Waals surface area contributed by atoms with E-state index in [4.69, 9.17) is 0 Å². The second-order valence-corrected chi connectivity index (χ2v) is 4.29. The molecule has 0 unspecified atom stereocenters. The van der Waals surface area contributed by atoms with Crippen LogP contribution in [0.25, 0.3) is 0 Å². The van der Waals surface area contributed by atoms with Gasteiger partial charge in [-0.15, -0.1) is 0 Å². The van der Waals surface area contributed by atoms with E-state index in [2.05, 4.69) is 33.6 Å². The fraction of sp³-hybridized carbons (Fsp3) is 0.750. The number of aromatic nitrogens is 2. The Hall–Kier alpha value is -0.870. The molecule has 0 amide bonds. The van der Waals surface area contributed by atoms with Gasteiger partial charge in [0.15, 0.2) is 0 Å². The van der Waals surface area contributed by atoms with Gasteiger partial charge in [-0.2, -0.15) is 0 Å². The molecule has 0 fully saturated rings. The average Bonchev–Trinajstić information content (AvgIpc) is 2.74. The molecular weight excluding hydrogens is 200 g/mol. The van der Waals surface area contributed by atoms with Crippen LogP contribution in [0.3, 0.4) is 0 Å². The van der Waals surface area contributed by atoms with E-state index in [0.717, 1.165) is 45.7 Å². The van der Waals surface area contributed by atoms with Gasteiger partial charge in [0.2, 0.25) is 0 Å². The molecule has 0 saturated carbocycles. The topological polar surface area (TPSA) is 33.1 Å². The van der Waals surface area contributed by atoms with Crippen LogP contribution in [0.5, 0.6) is 0 Å². The molecule has 1 aromatic heterocycles. The number of rotatable bonds is 5. The maximum absolute atomic E-state index is 4.53. The van der Waals surface area contributed by atoms with Gasteiger partial charge < -0.3 is 14.8 Å². The molecule has 90 valence electrons. The predicted molar refractivity (Wildman–Crippen MR) is 65.4 cm³/mol. The molecule has 4 heteroatoms. The molecule has 1 aromatic rings. The Kier molecular flexibility index (Phi) is 3.96. The first-order valence-corrected chi connectivity index (χ1v) is 6.31. The molecule has 0 aliphatic carbocycles. The first-order chi connectivity index (χ1) is 7.85. The lowest BCUT2D eigenvalue weighted by Gasteiger charge is -2.19. The molecule has 0 spiro atoms. The lowest BCUT2D eigenvalue weighted by atomic mass is 10.2. The van der Waals surface area contributed by atoms with Gasteiger partial charge in [-0.1, -0.05) is 13.8 Å². The van der Waals surface area contributed by atoms with E-state index in [-0.39, 0.29) is 0 Å². The van der Waals surface area contributed by atoms with Gasteiger partial charge in [-0.3, -0.25) is 0 Å². The van der Waals surface area contributed by atoms with Crippen molar-refractivity contribution < 1.29 is 0 Å². The molecule has 16 heavy (non-hydrogen) atoms. The van der Waals surface area contributed by atoms with Crippen LogP contribution in [-0.2, 0) is 19.5 Å². The minimum Gasteiger partial charge on any atom is -0.332 e. The summed E-state index contributed by atoms with van der Waals surface area (Å²) in [4.78, 5) is 6.98. The predicted octanol–water partition coefficient (Wildman–Crippen LogP) is 0.871. The van der Waals surface area contributed by atoms with Gasteiger partial charge in [-0.25, -0.2) is 4.98 Å². The van der Waals surface area contributed by atoms with E-state index in [1.165, 1.54) is 11.4 Å². The van der Waals surface area contributed by atoms with Crippen molar-refractivity contribution in [3.05, 3.63) is 17.7 Å². The zero-order valence-electron chi connectivity index (χ0n) is 10.4. The molecule has 2 heterocycles. The highest BCUT2D eigenvalue weighted by atomic mass is 15.1. The van der Waals surface area contributed by atoms with Crippen LogP contribution < -0.4 is 5.32 Å². The highest BCUT2D eigenvalue weighted by molar-refractivity contribution is 5.15. The summed E-state index contributed by atoms with van der Waals surface area (Å²) in [6.07, 6.45) is 3.07.